The highest BCUT2D eigenvalue weighted by Gasteiger charge is 2.43. The van der Waals surface area contributed by atoms with Crippen molar-refractivity contribution in [2.24, 2.45) is 0 Å². The fraction of sp³-hybridized carbons (Fsp3) is 0.231. The Bertz CT molecular complexity index is 1100. The number of likely N-dealkylation sites (tertiary alicyclic amines) is 1. The molecule has 0 aromatic heterocycles. The Morgan fingerprint density at radius 3 is 1.75 bits per heavy atom. The van der Waals surface area contributed by atoms with Crippen molar-refractivity contribution in [3.05, 3.63) is 95.6 Å². The third-order valence-corrected chi connectivity index (χ3v) is 6.27. The Kier molecular flexibility index (Phi) is 6.04. The predicted molar refractivity (Wildman–Crippen MR) is 119 cm³/mol. The van der Waals surface area contributed by atoms with Crippen LogP contribution in [-0.4, -0.2) is 36.9 Å². The van der Waals surface area contributed by atoms with Crippen molar-refractivity contribution in [2.75, 3.05) is 20.1 Å². The summed E-state index contributed by atoms with van der Waals surface area (Å²) in [5.74, 6) is -0.864. The summed E-state index contributed by atoms with van der Waals surface area (Å²) in [6, 6.07) is 19.4. The van der Waals surface area contributed by atoms with E-state index in [0.717, 1.165) is 16.7 Å². The van der Waals surface area contributed by atoms with E-state index >= 15 is 0 Å². The van der Waals surface area contributed by atoms with Gasteiger partial charge in [0, 0.05) is 25.7 Å². The van der Waals surface area contributed by atoms with Gasteiger partial charge < -0.3 is 10.2 Å². The maximum absolute atomic E-state index is 13.4. The maximum atomic E-state index is 13.4. The van der Waals surface area contributed by atoms with Gasteiger partial charge in [0.2, 0.25) is 5.91 Å². The van der Waals surface area contributed by atoms with Crippen LogP contribution in [0.3, 0.4) is 0 Å². The summed E-state index contributed by atoms with van der Waals surface area (Å²) in [7, 11) is 1.59. The molecular formula is C26H24F2N2O2. The smallest absolute Gasteiger partial charge is 0.253 e. The van der Waals surface area contributed by atoms with E-state index in [0.29, 0.717) is 31.5 Å². The average Bonchev–Trinajstić information content (AvgIpc) is 2.84. The minimum absolute atomic E-state index is 0.0970. The number of carbonyl (C=O) groups is 2. The van der Waals surface area contributed by atoms with Crippen molar-refractivity contribution in [1.29, 1.82) is 0 Å². The molecule has 1 fully saturated rings. The molecule has 1 aliphatic heterocycles. The molecule has 0 atom stereocenters. The van der Waals surface area contributed by atoms with Crippen LogP contribution < -0.4 is 5.32 Å². The van der Waals surface area contributed by atoms with Crippen molar-refractivity contribution in [2.45, 2.75) is 18.3 Å². The van der Waals surface area contributed by atoms with Gasteiger partial charge in [0.15, 0.2) is 0 Å². The third kappa shape index (κ3) is 4.13. The van der Waals surface area contributed by atoms with Gasteiger partial charge in [0.25, 0.3) is 5.91 Å². The molecule has 4 rings (SSSR count). The first kappa shape index (κ1) is 21.7. The summed E-state index contributed by atoms with van der Waals surface area (Å²) < 4.78 is 26.5. The second kappa shape index (κ2) is 8.91. The summed E-state index contributed by atoms with van der Waals surface area (Å²) in [6.07, 6.45) is 0.912. The molecule has 0 saturated carbocycles. The summed E-state index contributed by atoms with van der Waals surface area (Å²) >= 11 is 0. The molecule has 4 nitrogen and oxygen atoms in total. The lowest BCUT2D eigenvalue weighted by Crippen LogP contribution is -2.52. The first-order valence-corrected chi connectivity index (χ1v) is 10.6. The monoisotopic (exact) mass is 434 g/mol. The second-order valence-electron chi connectivity index (χ2n) is 8.04. The van der Waals surface area contributed by atoms with Gasteiger partial charge in [0.05, 0.1) is 5.41 Å². The molecule has 3 aromatic rings. The van der Waals surface area contributed by atoms with Crippen LogP contribution in [0.4, 0.5) is 8.78 Å². The van der Waals surface area contributed by atoms with Crippen LogP contribution in [-0.2, 0) is 10.2 Å². The number of hydrogen-bond acceptors (Lipinski definition) is 2. The number of likely N-dealkylation sites (N-methyl/N-ethyl adjacent to an activating group) is 1. The van der Waals surface area contributed by atoms with E-state index in [1.807, 2.05) is 12.1 Å². The van der Waals surface area contributed by atoms with Gasteiger partial charge in [-0.2, -0.15) is 0 Å². The van der Waals surface area contributed by atoms with Crippen LogP contribution in [0.15, 0.2) is 72.8 Å². The summed E-state index contributed by atoms with van der Waals surface area (Å²) in [4.78, 5) is 27.6. The van der Waals surface area contributed by atoms with E-state index in [4.69, 9.17) is 0 Å². The number of benzene rings is 3. The van der Waals surface area contributed by atoms with Gasteiger partial charge >= 0.3 is 0 Å². The Labute approximate surface area is 185 Å². The molecule has 164 valence electrons. The number of hydrogen-bond donors (Lipinski definition) is 1. The number of nitrogens with one attached hydrogen (secondary N) is 1. The normalized spacial score (nSPS) is 15.3. The lowest BCUT2D eigenvalue weighted by molar-refractivity contribution is -0.128. The van der Waals surface area contributed by atoms with Crippen LogP contribution in [0, 0.1) is 11.6 Å². The van der Waals surface area contributed by atoms with Crippen LogP contribution in [0.1, 0.15) is 28.8 Å². The molecule has 0 radical (unpaired) electrons. The fourth-order valence-electron chi connectivity index (χ4n) is 4.38. The van der Waals surface area contributed by atoms with Crippen molar-refractivity contribution in [3.63, 3.8) is 0 Å². The van der Waals surface area contributed by atoms with E-state index in [-0.39, 0.29) is 23.4 Å². The molecule has 3 aromatic carbocycles. The molecule has 0 bridgehead atoms. The first-order valence-electron chi connectivity index (χ1n) is 10.6. The van der Waals surface area contributed by atoms with Gasteiger partial charge in [-0.15, -0.1) is 0 Å². The Balaban J connectivity index is 1.49. The van der Waals surface area contributed by atoms with Gasteiger partial charge in [-0.25, -0.2) is 8.78 Å². The molecule has 0 spiro atoms. The highest BCUT2D eigenvalue weighted by atomic mass is 19.1. The van der Waals surface area contributed by atoms with Crippen LogP contribution >= 0.6 is 0 Å². The highest BCUT2D eigenvalue weighted by Crippen LogP contribution is 2.36. The van der Waals surface area contributed by atoms with Crippen molar-refractivity contribution < 1.29 is 18.4 Å². The van der Waals surface area contributed by atoms with E-state index in [1.165, 1.54) is 24.3 Å². The number of piperidine rings is 1. The second-order valence-corrected chi connectivity index (χ2v) is 8.04. The maximum Gasteiger partial charge on any atom is 0.253 e. The molecule has 1 saturated heterocycles. The Hall–Kier alpha value is -3.54. The lowest BCUT2D eigenvalue weighted by Gasteiger charge is -2.40. The quantitative estimate of drug-likeness (QED) is 0.655. The molecule has 1 heterocycles. The van der Waals surface area contributed by atoms with Gasteiger partial charge in [0.1, 0.15) is 11.6 Å². The Morgan fingerprint density at radius 2 is 1.25 bits per heavy atom. The number of rotatable bonds is 4. The first-order chi connectivity index (χ1) is 15.4. The van der Waals surface area contributed by atoms with E-state index in [9.17, 15) is 18.4 Å². The molecule has 1 N–H and O–H groups in total. The highest BCUT2D eigenvalue weighted by molar-refractivity contribution is 5.95. The summed E-state index contributed by atoms with van der Waals surface area (Å²) in [5, 5.41) is 2.73. The largest absolute Gasteiger partial charge is 0.358 e. The lowest BCUT2D eigenvalue weighted by atomic mass is 9.72. The number of halogens is 2. The summed E-state index contributed by atoms with van der Waals surface area (Å²) in [5.41, 5.74) is 2.30. The van der Waals surface area contributed by atoms with Crippen LogP contribution in [0.25, 0.3) is 11.1 Å². The zero-order valence-electron chi connectivity index (χ0n) is 17.8. The standard InChI is InChI=1S/C26H24F2N2O2/c1-29-25(32)26(21-8-12-23(28)13-9-21)14-16-30(17-15-26)24(31)20-4-2-18(3-5-20)19-6-10-22(27)11-7-19/h2-13H,14-17H2,1H3,(H,29,32). The summed E-state index contributed by atoms with van der Waals surface area (Å²) in [6.45, 7) is 0.840. The molecule has 32 heavy (non-hydrogen) atoms. The number of amides is 2. The minimum atomic E-state index is -0.786. The van der Waals surface area contributed by atoms with E-state index in [1.54, 1.807) is 48.3 Å². The molecule has 6 heteroatoms. The van der Waals surface area contributed by atoms with Gasteiger partial charge in [-0.05, 0) is 65.9 Å². The Morgan fingerprint density at radius 1 is 0.781 bits per heavy atom. The van der Waals surface area contributed by atoms with E-state index < -0.39 is 5.41 Å². The number of carbonyl (C=O) groups excluding carboxylic acids is 2. The topological polar surface area (TPSA) is 49.4 Å². The van der Waals surface area contributed by atoms with E-state index in [2.05, 4.69) is 5.32 Å². The van der Waals surface area contributed by atoms with Crippen molar-refractivity contribution >= 4 is 11.8 Å². The zero-order valence-corrected chi connectivity index (χ0v) is 17.8. The fourth-order valence-corrected chi connectivity index (χ4v) is 4.38. The molecule has 0 unspecified atom stereocenters. The van der Waals surface area contributed by atoms with Crippen LogP contribution in [0.2, 0.25) is 0 Å². The SMILES string of the molecule is CNC(=O)C1(c2ccc(F)cc2)CCN(C(=O)c2ccc(-c3ccc(F)cc3)cc2)CC1. The zero-order chi connectivity index (χ0) is 22.7. The molecule has 1 aliphatic rings. The van der Waals surface area contributed by atoms with Gasteiger partial charge in [-0.1, -0.05) is 36.4 Å². The molecule has 0 aliphatic carbocycles. The predicted octanol–water partition coefficient (Wildman–Crippen LogP) is 4.55. The van der Waals surface area contributed by atoms with Crippen molar-refractivity contribution in [1.82, 2.24) is 10.2 Å². The molecule has 2 amide bonds. The van der Waals surface area contributed by atoms with Crippen molar-refractivity contribution in [3.8, 4) is 11.1 Å². The third-order valence-electron chi connectivity index (χ3n) is 6.27. The average molecular weight is 434 g/mol. The molecular weight excluding hydrogens is 410 g/mol. The van der Waals surface area contributed by atoms with Crippen LogP contribution in [0.5, 0.6) is 0 Å². The van der Waals surface area contributed by atoms with Gasteiger partial charge in [-0.3, -0.25) is 9.59 Å². The minimum Gasteiger partial charge on any atom is -0.358 e. The number of nitrogens with zero attached hydrogens (tertiary/aromatic N) is 1.